The first-order valence-electron chi connectivity index (χ1n) is 10.9. The van der Waals surface area contributed by atoms with Crippen LogP contribution in [0.3, 0.4) is 0 Å². The third-order valence-electron chi connectivity index (χ3n) is 6.47. The number of benzene rings is 1. The first kappa shape index (κ1) is 20.7. The van der Waals surface area contributed by atoms with Gasteiger partial charge >= 0.3 is 0 Å². The SMILES string of the molecule is CCn1cc(C(=O)N2CCCC2CN2CCCC2)c2cc(OC)c(OC)cc2c1=O. The number of carbonyl (C=O) groups excluding carboxylic acids is 1. The van der Waals surface area contributed by atoms with Gasteiger partial charge in [0.25, 0.3) is 11.5 Å². The van der Waals surface area contributed by atoms with Gasteiger partial charge in [-0.15, -0.1) is 0 Å². The van der Waals surface area contributed by atoms with Crippen molar-refractivity contribution in [1.82, 2.24) is 14.4 Å². The van der Waals surface area contributed by atoms with E-state index in [-0.39, 0.29) is 17.5 Å². The molecule has 0 aliphatic carbocycles. The van der Waals surface area contributed by atoms with Gasteiger partial charge in [-0.3, -0.25) is 9.59 Å². The van der Waals surface area contributed by atoms with E-state index >= 15 is 0 Å². The Morgan fingerprint density at radius 2 is 1.70 bits per heavy atom. The van der Waals surface area contributed by atoms with E-state index in [9.17, 15) is 9.59 Å². The lowest BCUT2D eigenvalue weighted by Gasteiger charge is -2.29. The maximum atomic E-state index is 13.7. The maximum Gasteiger partial charge on any atom is 0.258 e. The zero-order chi connectivity index (χ0) is 21.3. The van der Waals surface area contributed by atoms with Crippen LogP contribution in [0.1, 0.15) is 43.0 Å². The Morgan fingerprint density at radius 3 is 2.33 bits per heavy atom. The Hall–Kier alpha value is -2.54. The summed E-state index contributed by atoms with van der Waals surface area (Å²) in [6.45, 7) is 6.36. The summed E-state index contributed by atoms with van der Waals surface area (Å²) in [5, 5.41) is 1.11. The predicted octanol–water partition coefficient (Wildman–Crippen LogP) is 2.74. The lowest BCUT2D eigenvalue weighted by atomic mass is 10.0. The standard InChI is InChI=1S/C23H31N3O4/c1-4-25-15-19(17-12-20(29-2)21(30-3)13-18(17)22(25)27)23(28)26-11-7-8-16(26)14-24-9-5-6-10-24/h12-13,15-16H,4-11,14H2,1-3H3. The Kier molecular flexibility index (Phi) is 5.99. The molecule has 2 aromatic rings. The number of rotatable bonds is 6. The number of likely N-dealkylation sites (tertiary alicyclic amines) is 2. The van der Waals surface area contributed by atoms with Gasteiger partial charge in [-0.1, -0.05) is 0 Å². The summed E-state index contributed by atoms with van der Waals surface area (Å²) >= 11 is 0. The number of nitrogens with zero attached hydrogens (tertiary/aromatic N) is 3. The summed E-state index contributed by atoms with van der Waals surface area (Å²) in [4.78, 5) is 31.1. The van der Waals surface area contributed by atoms with Crippen LogP contribution in [0.5, 0.6) is 11.5 Å². The molecule has 4 rings (SSSR count). The number of aryl methyl sites for hydroxylation is 1. The van der Waals surface area contributed by atoms with Crippen molar-refractivity contribution >= 4 is 16.7 Å². The molecule has 0 radical (unpaired) electrons. The van der Waals surface area contributed by atoms with Crippen molar-refractivity contribution in [3.63, 3.8) is 0 Å². The average molecular weight is 414 g/mol. The largest absolute Gasteiger partial charge is 0.493 e. The van der Waals surface area contributed by atoms with Crippen LogP contribution in [0.25, 0.3) is 10.8 Å². The molecule has 1 aromatic carbocycles. The highest BCUT2D eigenvalue weighted by molar-refractivity contribution is 6.07. The number of ether oxygens (including phenoxy) is 2. The van der Waals surface area contributed by atoms with Crippen LogP contribution in [0.15, 0.2) is 23.1 Å². The molecule has 0 saturated carbocycles. The van der Waals surface area contributed by atoms with Crippen LogP contribution in [-0.2, 0) is 6.54 Å². The predicted molar refractivity (Wildman–Crippen MR) is 117 cm³/mol. The van der Waals surface area contributed by atoms with E-state index in [0.29, 0.717) is 34.4 Å². The van der Waals surface area contributed by atoms with Crippen molar-refractivity contribution in [2.24, 2.45) is 0 Å². The molecule has 1 atom stereocenters. The highest BCUT2D eigenvalue weighted by Gasteiger charge is 2.32. The molecule has 2 aliphatic rings. The number of amides is 1. The molecule has 1 amide bonds. The maximum absolute atomic E-state index is 13.7. The van der Waals surface area contributed by atoms with E-state index in [4.69, 9.17) is 9.47 Å². The van der Waals surface area contributed by atoms with Gasteiger partial charge < -0.3 is 23.8 Å². The zero-order valence-electron chi connectivity index (χ0n) is 18.1. The Labute approximate surface area is 177 Å². The Morgan fingerprint density at radius 1 is 1.03 bits per heavy atom. The summed E-state index contributed by atoms with van der Waals surface area (Å²) in [6.07, 6.45) is 6.25. The molecular weight excluding hydrogens is 382 g/mol. The molecule has 30 heavy (non-hydrogen) atoms. The fourth-order valence-corrected chi connectivity index (χ4v) is 4.83. The average Bonchev–Trinajstić information content (AvgIpc) is 3.45. The van der Waals surface area contributed by atoms with Crippen LogP contribution in [0.2, 0.25) is 0 Å². The number of hydrogen-bond donors (Lipinski definition) is 0. The van der Waals surface area contributed by atoms with E-state index in [1.54, 1.807) is 37.1 Å². The van der Waals surface area contributed by atoms with Gasteiger partial charge in [0.05, 0.1) is 25.2 Å². The van der Waals surface area contributed by atoms with Gasteiger partial charge in [-0.25, -0.2) is 0 Å². The second-order valence-electron chi connectivity index (χ2n) is 8.19. The second kappa shape index (κ2) is 8.68. The van der Waals surface area contributed by atoms with Crippen molar-refractivity contribution in [2.45, 2.75) is 45.2 Å². The molecule has 0 spiro atoms. The van der Waals surface area contributed by atoms with Gasteiger partial charge in [-0.2, -0.15) is 0 Å². The normalized spacial score (nSPS) is 19.6. The minimum absolute atomic E-state index is 0.00360. The van der Waals surface area contributed by atoms with Crippen LogP contribution in [0.4, 0.5) is 0 Å². The van der Waals surface area contributed by atoms with Crippen molar-refractivity contribution in [1.29, 1.82) is 0 Å². The molecule has 2 aliphatic heterocycles. The summed E-state index contributed by atoms with van der Waals surface area (Å²) in [7, 11) is 3.11. The third-order valence-corrected chi connectivity index (χ3v) is 6.47. The van der Waals surface area contributed by atoms with Crippen LogP contribution in [-0.4, -0.2) is 66.7 Å². The number of fused-ring (bicyclic) bond motifs is 1. The number of pyridine rings is 1. The summed E-state index contributed by atoms with van der Waals surface area (Å²) < 4.78 is 12.4. The van der Waals surface area contributed by atoms with Crippen molar-refractivity contribution in [3.8, 4) is 11.5 Å². The lowest BCUT2D eigenvalue weighted by Crippen LogP contribution is -2.43. The fraction of sp³-hybridized carbons (Fsp3) is 0.565. The number of carbonyl (C=O) groups is 1. The first-order valence-corrected chi connectivity index (χ1v) is 10.9. The molecule has 0 N–H and O–H groups in total. The molecule has 1 unspecified atom stereocenters. The van der Waals surface area contributed by atoms with Crippen LogP contribution in [0, 0.1) is 0 Å². The van der Waals surface area contributed by atoms with Gasteiger partial charge in [0.1, 0.15) is 0 Å². The molecule has 2 fully saturated rings. The van der Waals surface area contributed by atoms with Crippen molar-refractivity contribution < 1.29 is 14.3 Å². The molecule has 7 heteroatoms. The summed E-state index contributed by atoms with van der Waals surface area (Å²) in [6, 6.07) is 3.67. The number of methoxy groups -OCH3 is 2. The minimum Gasteiger partial charge on any atom is -0.493 e. The minimum atomic E-state index is -0.125. The quantitative estimate of drug-likeness (QED) is 0.729. The highest BCUT2D eigenvalue weighted by atomic mass is 16.5. The monoisotopic (exact) mass is 413 g/mol. The van der Waals surface area contributed by atoms with E-state index in [2.05, 4.69) is 4.90 Å². The van der Waals surface area contributed by atoms with Gasteiger partial charge in [0.2, 0.25) is 0 Å². The van der Waals surface area contributed by atoms with Crippen molar-refractivity contribution in [2.75, 3.05) is 40.4 Å². The molecule has 3 heterocycles. The van der Waals surface area contributed by atoms with Crippen LogP contribution < -0.4 is 15.0 Å². The molecule has 2 saturated heterocycles. The summed E-state index contributed by atoms with van der Waals surface area (Å²) in [5.41, 5.74) is 0.431. The molecular formula is C23H31N3O4. The summed E-state index contributed by atoms with van der Waals surface area (Å²) in [5.74, 6) is 1.00. The van der Waals surface area contributed by atoms with Crippen molar-refractivity contribution in [3.05, 3.63) is 34.2 Å². The molecule has 7 nitrogen and oxygen atoms in total. The van der Waals surface area contributed by atoms with E-state index in [1.807, 2.05) is 11.8 Å². The number of hydrogen-bond acceptors (Lipinski definition) is 5. The molecule has 162 valence electrons. The second-order valence-corrected chi connectivity index (χ2v) is 8.19. The fourth-order valence-electron chi connectivity index (χ4n) is 4.83. The van der Waals surface area contributed by atoms with Gasteiger partial charge in [0, 0.05) is 37.3 Å². The molecule has 1 aromatic heterocycles. The third kappa shape index (κ3) is 3.67. The lowest BCUT2D eigenvalue weighted by molar-refractivity contribution is 0.0710. The Bertz CT molecular complexity index is 994. The van der Waals surface area contributed by atoms with Crippen LogP contribution >= 0.6 is 0 Å². The zero-order valence-corrected chi connectivity index (χ0v) is 18.1. The number of aromatic nitrogens is 1. The van der Waals surface area contributed by atoms with E-state index < -0.39 is 0 Å². The molecule has 0 bridgehead atoms. The topological polar surface area (TPSA) is 64.0 Å². The van der Waals surface area contributed by atoms with E-state index in [1.165, 1.54) is 12.8 Å². The van der Waals surface area contributed by atoms with Gasteiger partial charge in [-0.05, 0) is 57.8 Å². The van der Waals surface area contributed by atoms with Gasteiger partial charge in [0.15, 0.2) is 11.5 Å². The highest BCUT2D eigenvalue weighted by Crippen LogP contribution is 2.33. The van der Waals surface area contributed by atoms with E-state index in [0.717, 1.165) is 39.0 Å². The smallest absolute Gasteiger partial charge is 0.258 e. The first-order chi connectivity index (χ1) is 14.6. The Balaban J connectivity index is 1.77.